The molecule has 4 aliphatic rings. The molecule has 4 bridgehead atoms. The van der Waals surface area contributed by atoms with E-state index in [1.807, 2.05) is 12.1 Å². The van der Waals surface area contributed by atoms with Crippen molar-refractivity contribution in [3.63, 3.8) is 0 Å². The van der Waals surface area contributed by atoms with Crippen molar-refractivity contribution in [3.8, 4) is 0 Å². The molecule has 5 nitrogen and oxygen atoms in total. The number of carbonyl (C=O) groups is 1. The van der Waals surface area contributed by atoms with Crippen LogP contribution in [-0.4, -0.2) is 17.7 Å². The molecule has 1 aromatic heterocycles. The highest BCUT2D eigenvalue weighted by atomic mass is 16.5. The molecule has 3 N–H and O–H groups in total. The van der Waals surface area contributed by atoms with E-state index in [9.17, 15) is 4.79 Å². The van der Waals surface area contributed by atoms with Crippen LogP contribution in [-0.2, 0) is 11.3 Å². The molecule has 0 radical (unpaired) electrons. The molecule has 5 heteroatoms. The third-order valence-corrected chi connectivity index (χ3v) is 6.16. The van der Waals surface area contributed by atoms with Crippen LogP contribution >= 0.6 is 0 Å². The number of nitrogens with one attached hydrogen (secondary N) is 2. The first-order valence-electron chi connectivity index (χ1n) is 9.06. The largest absolute Gasteiger partial charge is 0.460 e. The Morgan fingerprint density at radius 1 is 1.21 bits per heavy atom. The van der Waals surface area contributed by atoms with Gasteiger partial charge in [0.15, 0.2) is 0 Å². The molecule has 4 aliphatic carbocycles. The van der Waals surface area contributed by atoms with Gasteiger partial charge in [0.25, 0.3) is 5.91 Å². The van der Waals surface area contributed by atoms with Crippen LogP contribution in [0.1, 0.15) is 50.0 Å². The van der Waals surface area contributed by atoms with Crippen LogP contribution in [0, 0.1) is 23.2 Å². The number of amides is 1. The van der Waals surface area contributed by atoms with Crippen molar-refractivity contribution in [3.05, 3.63) is 29.7 Å². The lowest BCUT2D eigenvalue weighted by Crippen LogP contribution is -2.50. The van der Waals surface area contributed by atoms with Crippen LogP contribution in [0.2, 0.25) is 0 Å². The average molecular weight is 330 g/mol. The van der Waals surface area contributed by atoms with E-state index in [4.69, 9.17) is 9.62 Å². The first-order valence-corrected chi connectivity index (χ1v) is 9.06. The van der Waals surface area contributed by atoms with Crippen LogP contribution in [0.3, 0.4) is 0 Å². The molecule has 1 aromatic rings. The summed E-state index contributed by atoms with van der Waals surface area (Å²) in [6.07, 6.45) is 11.5. The number of hydrogen-bond acceptors (Lipinski definition) is 4. The van der Waals surface area contributed by atoms with Gasteiger partial charge in [0, 0.05) is 12.6 Å². The van der Waals surface area contributed by atoms with E-state index in [-0.39, 0.29) is 0 Å². The Hall–Kier alpha value is -1.59. The van der Waals surface area contributed by atoms with E-state index in [1.165, 1.54) is 44.6 Å². The molecule has 130 valence electrons. The Morgan fingerprint density at radius 2 is 1.88 bits per heavy atom. The SMILES string of the molecule is O=C(/C=C/c1ccc(CNCC23CC4CC(CC(C4)C2)C3)o1)NO. The lowest BCUT2D eigenvalue weighted by Gasteiger charge is -2.57. The fourth-order valence-electron chi connectivity index (χ4n) is 5.73. The van der Waals surface area contributed by atoms with Crippen LogP contribution in [0.5, 0.6) is 0 Å². The zero-order valence-electron chi connectivity index (χ0n) is 14.0. The Bertz CT molecular complexity index is 599. The maximum absolute atomic E-state index is 11.0. The van der Waals surface area contributed by atoms with Crippen molar-refractivity contribution < 1.29 is 14.4 Å². The molecular formula is C19H26N2O3. The first kappa shape index (κ1) is 15.9. The molecule has 0 saturated heterocycles. The van der Waals surface area contributed by atoms with Crippen LogP contribution in [0.4, 0.5) is 0 Å². The molecule has 0 atom stereocenters. The molecular weight excluding hydrogens is 304 g/mol. The van der Waals surface area contributed by atoms with Gasteiger partial charge in [-0.1, -0.05) is 0 Å². The van der Waals surface area contributed by atoms with Crippen molar-refractivity contribution in [1.82, 2.24) is 10.8 Å². The fraction of sp³-hybridized carbons (Fsp3) is 0.632. The van der Waals surface area contributed by atoms with Crippen molar-refractivity contribution >= 4 is 12.0 Å². The second-order valence-electron chi connectivity index (χ2n) is 8.13. The number of furan rings is 1. The van der Waals surface area contributed by atoms with E-state index >= 15 is 0 Å². The zero-order chi connectivity index (χ0) is 16.6. The summed E-state index contributed by atoms with van der Waals surface area (Å²) in [5, 5.41) is 12.1. The summed E-state index contributed by atoms with van der Waals surface area (Å²) >= 11 is 0. The predicted octanol–water partition coefficient (Wildman–Crippen LogP) is 3.10. The summed E-state index contributed by atoms with van der Waals surface area (Å²) in [5.74, 6) is 3.88. The van der Waals surface area contributed by atoms with E-state index in [0.29, 0.717) is 11.2 Å². The monoisotopic (exact) mass is 330 g/mol. The molecule has 1 amide bonds. The van der Waals surface area contributed by atoms with Gasteiger partial charge in [-0.3, -0.25) is 10.0 Å². The third kappa shape index (κ3) is 3.28. The van der Waals surface area contributed by atoms with Gasteiger partial charge in [-0.2, -0.15) is 0 Å². The molecule has 4 fully saturated rings. The van der Waals surface area contributed by atoms with Crippen LogP contribution < -0.4 is 10.8 Å². The Labute approximate surface area is 142 Å². The lowest BCUT2D eigenvalue weighted by molar-refractivity contribution is -0.124. The molecule has 24 heavy (non-hydrogen) atoms. The van der Waals surface area contributed by atoms with Crippen molar-refractivity contribution in [1.29, 1.82) is 0 Å². The third-order valence-electron chi connectivity index (χ3n) is 6.16. The maximum Gasteiger partial charge on any atom is 0.267 e. The normalized spacial score (nSPS) is 34.1. The number of carbonyl (C=O) groups excluding carboxylic acids is 1. The van der Waals surface area contributed by atoms with Gasteiger partial charge in [0.1, 0.15) is 11.5 Å². The summed E-state index contributed by atoms with van der Waals surface area (Å²) in [4.78, 5) is 11.0. The topological polar surface area (TPSA) is 74.5 Å². The molecule has 0 unspecified atom stereocenters. The minimum absolute atomic E-state index is 0.531. The van der Waals surface area contributed by atoms with Gasteiger partial charge in [0.2, 0.25) is 0 Å². The quantitative estimate of drug-likeness (QED) is 0.426. The van der Waals surface area contributed by atoms with E-state index < -0.39 is 5.91 Å². The molecule has 4 saturated carbocycles. The minimum Gasteiger partial charge on any atom is -0.460 e. The molecule has 0 aromatic carbocycles. The minimum atomic E-state index is -0.562. The Morgan fingerprint density at radius 3 is 2.50 bits per heavy atom. The predicted molar refractivity (Wildman–Crippen MR) is 90.0 cm³/mol. The smallest absolute Gasteiger partial charge is 0.267 e. The zero-order valence-corrected chi connectivity index (χ0v) is 14.0. The Kier molecular flexibility index (Phi) is 4.22. The number of rotatable bonds is 6. The highest BCUT2D eigenvalue weighted by molar-refractivity contribution is 5.90. The van der Waals surface area contributed by atoms with Crippen LogP contribution in [0.25, 0.3) is 6.08 Å². The Balaban J connectivity index is 1.29. The summed E-state index contributed by atoms with van der Waals surface area (Å²) in [5.41, 5.74) is 2.09. The molecule has 0 spiro atoms. The molecule has 5 rings (SSSR count). The van der Waals surface area contributed by atoms with Crippen LogP contribution in [0.15, 0.2) is 22.6 Å². The standard InChI is InChI=1S/C19H26N2O3/c22-18(21-23)4-3-16-1-2-17(24-16)11-20-12-19-8-13-5-14(9-19)7-15(6-13)10-19/h1-4,13-15,20,23H,5-12H2,(H,21,22)/b4-3+. The summed E-state index contributed by atoms with van der Waals surface area (Å²) < 4.78 is 5.69. The second-order valence-corrected chi connectivity index (χ2v) is 8.13. The maximum atomic E-state index is 11.0. The van der Waals surface area contributed by atoms with Gasteiger partial charge in [-0.05, 0) is 79.9 Å². The summed E-state index contributed by atoms with van der Waals surface area (Å²) in [7, 11) is 0. The highest BCUT2D eigenvalue weighted by Crippen LogP contribution is 2.59. The summed E-state index contributed by atoms with van der Waals surface area (Å²) in [6, 6.07) is 3.77. The number of hydroxylamine groups is 1. The van der Waals surface area contributed by atoms with E-state index in [2.05, 4.69) is 5.32 Å². The van der Waals surface area contributed by atoms with E-state index in [0.717, 1.165) is 36.6 Å². The number of hydrogen-bond donors (Lipinski definition) is 3. The van der Waals surface area contributed by atoms with Gasteiger partial charge in [-0.15, -0.1) is 0 Å². The lowest BCUT2D eigenvalue weighted by atomic mass is 9.49. The highest BCUT2D eigenvalue weighted by Gasteiger charge is 2.50. The van der Waals surface area contributed by atoms with Gasteiger partial charge >= 0.3 is 0 Å². The first-order chi connectivity index (χ1) is 11.6. The second kappa shape index (κ2) is 6.37. The van der Waals surface area contributed by atoms with Crippen molar-refractivity contribution in [2.75, 3.05) is 6.54 Å². The van der Waals surface area contributed by atoms with E-state index in [1.54, 1.807) is 11.6 Å². The van der Waals surface area contributed by atoms with Gasteiger partial charge in [-0.25, -0.2) is 5.48 Å². The fourth-order valence-corrected chi connectivity index (χ4v) is 5.73. The average Bonchev–Trinajstić information content (AvgIpc) is 2.99. The molecule has 0 aliphatic heterocycles. The van der Waals surface area contributed by atoms with Gasteiger partial charge in [0.05, 0.1) is 6.54 Å². The summed E-state index contributed by atoms with van der Waals surface area (Å²) in [6.45, 7) is 1.82. The van der Waals surface area contributed by atoms with Gasteiger partial charge < -0.3 is 9.73 Å². The van der Waals surface area contributed by atoms with Crippen molar-refractivity contribution in [2.24, 2.45) is 23.2 Å². The molecule has 1 heterocycles. The van der Waals surface area contributed by atoms with Crippen molar-refractivity contribution in [2.45, 2.75) is 45.1 Å².